The van der Waals surface area contributed by atoms with Gasteiger partial charge in [-0.05, 0) is 22.1 Å². The molecule has 1 aromatic carbocycles. The molecule has 1 aliphatic heterocycles. The van der Waals surface area contributed by atoms with E-state index in [1.807, 2.05) is 0 Å². The molecule has 1 aliphatic rings. The standard InChI is InChI=1S/C11H15N7O5S2/c12-24(20,21)8-2-1-5(6-3-14-4-7(6)19)9(10(8)25(13,22)23)11-15-17-18-16-11/h1-2,6-7,14,19H,3-4H2,(H2,12,20,21)(H2,13,22,23)(H,15,16,17,18)/t6-,7+/m0/s1. The van der Waals surface area contributed by atoms with Crippen molar-refractivity contribution >= 4 is 20.0 Å². The molecule has 0 spiro atoms. The van der Waals surface area contributed by atoms with Crippen molar-refractivity contribution in [2.24, 2.45) is 10.3 Å². The maximum absolute atomic E-state index is 12.2. The molecule has 0 amide bonds. The van der Waals surface area contributed by atoms with Gasteiger partial charge in [-0.1, -0.05) is 6.07 Å². The summed E-state index contributed by atoms with van der Waals surface area (Å²) in [5.74, 6) is -0.626. The number of primary sulfonamides is 2. The number of benzene rings is 1. The SMILES string of the molecule is NS(=O)(=O)c1ccc([C@@H]2CNC[C@H]2O)c(-c2nnn[nH]2)c1S(N)(=O)=O. The van der Waals surface area contributed by atoms with E-state index in [-0.39, 0.29) is 11.4 Å². The van der Waals surface area contributed by atoms with Gasteiger partial charge in [-0.15, -0.1) is 5.10 Å². The molecule has 1 fully saturated rings. The molecular weight excluding hydrogens is 374 g/mol. The number of rotatable bonds is 4. The number of aromatic amines is 1. The van der Waals surface area contributed by atoms with E-state index in [1.165, 1.54) is 6.07 Å². The molecule has 0 bridgehead atoms. The van der Waals surface area contributed by atoms with Crippen LogP contribution in [0.5, 0.6) is 0 Å². The Bertz CT molecular complexity index is 1000. The smallest absolute Gasteiger partial charge is 0.240 e. The third kappa shape index (κ3) is 3.26. The lowest BCUT2D eigenvalue weighted by Gasteiger charge is -2.20. The largest absolute Gasteiger partial charge is 0.391 e. The molecule has 0 saturated carbocycles. The third-order valence-electron chi connectivity index (χ3n) is 3.91. The number of nitrogens with two attached hydrogens (primary N) is 2. The number of nitrogens with zero attached hydrogens (tertiary/aromatic N) is 3. The number of hydrogen-bond acceptors (Lipinski definition) is 9. The quantitative estimate of drug-likeness (QED) is 0.365. The molecule has 14 heteroatoms. The molecule has 136 valence electrons. The number of aromatic nitrogens is 4. The molecule has 0 radical (unpaired) electrons. The van der Waals surface area contributed by atoms with Crippen LogP contribution < -0.4 is 15.6 Å². The van der Waals surface area contributed by atoms with Crippen molar-refractivity contribution in [1.82, 2.24) is 25.9 Å². The summed E-state index contributed by atoms with van der Waals surface area (Å²) >= 11 is 0. The van der Waals surface area contributed by atoms with Gasteiger partial charge in [-0.25, -0.2) is 32.2 Å². The Kier molecular flexibility index (Phi) is 4.34. The predicted octanol–water partition coefficient (Wildman–Crippen LogP) is -2.79. The summed E-state index contributed by atoms with van der Waals surface area (Å²) in [6.07, 6.45) is -0.816. The minimum Gasteiger partial charge on any atom is -0.391 e. The van der Waals surface area contributed by atoms with Crippen molar-refractivity contribution in [2.75, 3.05) is 13.1 Å². The van der Waals surface area contributed by atoms with Crippen LogP contribution in [-0.2, 0) is 20.0 Å². The molecule has 0 aliphatic carbocycles. The number of hydrogen-bond donors (Lipinski definition) is 5. The van der Waals surface area contributed by atoms with Crippen LogP contribution in [0.3, 0.4) is 0 Å². The normalized spacial score (nSPS) is 21.6. The van der Waals surface area contributed by atoms with Crippen LogP contribution in [0.25, 0.3) is 11.4 Å². The van der Waals surface area contributed by atoms with E-state index in [9.17, 15) is 21.9 Å². The molecular formula is C11H15N7O5S2. The van der Waals surface area contributed by atoms with E-state index in [4.69, 9.17) is 10.3 Å². The Morgan fingerprint density at radius 2 is 1.84 bits per heavy atom. The second-order valence-electron chi connectivity index (χ2n) is 5.53. The van der Waals surface area contributed by atoms with Crippen molar-refractivity contribution in [1.29, 1.82) is 0 Å². The highest BCUT2D eigenvalue weighted by atomic mass is 32.2. The van der Waals surface area contributed by atoms with Crippen molar-refractivity contribution in [3.05, 3.63) is 17.7 Å². The van der Waals surface area contributed by atoms with Crippen LogP contribution in [-0.4, -0.2) is 61.8 Å². The summed E-state index contributed by atoms with van der Waals surface area (Å²) < 4.78 is 48.0. The van der Waals surface area contributed by atoms with E-state index in [1.54, 1.807) is 0 Å². The Hall–Kier alpha value is -1.97. The summed E-state index contributed by atoms with van der Waals surface area (Å²) in [6.45, 7) is 0.634. The van der Waals surface area contributed by atoms with Crippen molar-refractivity contribution in [3.63, 3.8) is 0 Å². The fourth-order valence-corrected chi connectivity index (χ4v) is 5.05. The molecule has 12 nitrogen and oxygen atoms in total. The van der Waals surface area contributed by atoms with Gasteiger partial charge in [0.05, 0.1) is 6.10 Å². The molecule has 25 heavy (non-hydrogen) atoms. The van der Waals surface area contributed by atoms with Crippen LogP contribution >= 0.6 is 0 Å². The number of H-pyrrole nitrogens is 1. The zero-order valence-corrected chi connectivity index (χ0v) is 14.2. The summed E-state index contributed by atoms with van der Waals surface area (Å²) in [7, 11) is -8.92. The van der Waals surface area contributed by atoms with Crippen LogP contribution in [0.4, 0.5) is 0 Å². The Morgan fingerprint density at radius 1 is 1.12 bits per heavy atom. The lowest BCUT2D eigenvalue weighted by Crippen LogP contribution is -2.24. The summed E-state index contributed by atoms with van der Waals surface area (Å²) in [5.41, 5.74) is 0.194. The van der Waals surface area contributed by atoms with Crippen LogP contribution in [0.1, 0.15) is 11.5 Å². The fraction of sp³-hybridized carbons (Fsp3) is 0.364. The lowest BCUT2D eigenvalue weighted by atomic mass is 9.91. The first-order valence-electron chi connectivity index (χ1n) is 6.96. The topological polar surface area (TPSA) is 207 Å². The first-order chi connectivity index (χ1) is 11.6. The number of β-amino-alcohol motifs (C(OH)–C–C–N with tert-alkyl or cyclic N) is 1. The maximum Gasteiger partial charge on any atom is 0.240 e. The Balaban J connectivity index is 2.43. The van der Waals surface area contributed by atoms with E-state index in [2.05, 4.69) is 25.9 Å². The van der Waals surface area contributed by atoms with Crippen LogP contribution in [0, 0.1) is 0 Å². The highest BCUT2D eigenvalue weighted by Crippen LogP contribution is 2.38. The van der Waals surface area contributed by atoms with Gasteiger partial charge >= 0.3 is 0 Å². The van der Waals surface area contributed by atoms with E-state index < -0.39 is 41.9 Å². The molecule has 0 unspecified atom stereocenters. The fourth-order valence-electron chi connectivity index (χ4n) is 2.89. The Labute approximate surface area is 142 Å². The first-order valence-corrected chi connectivity index (χ1v) is 10.1. The average Bonchev–Trinajstić information content (AvgIpc) is 3.15. The van der Waals surface area contributed by atoms with Gasteiger partial charge in [-0.2, -0.15) is 0 Å². The predicted molar refractivity (Wildman–Crippen MR) is 84.0 cm³/mol. The minimum atomic E-state index is -4.52. The molecule has 2 aromatic rings. The van der Waals surface area contributed by atoms with Crippen molar-refractivity contribution in [3.8, 4) is 11.4 Å². The Morgan fingerprint density at radius 3 is 2.32 bits per heavy atom. The van der Waals surface area contributed by atoms with Crippen LogP contribution in [0.2, 0.25) is 0 Å². The van der Waals surface area contributed by atoms with Gasteiger partial charge in [0.25, 0.3) is 0 Å². The number of aliphatic hydroxyl groups excluding tert-OH is 1. The van der Waals surface area contributed by atoms with E-state index in [0.717, 1.165) is 6.07 Å². The van der Waals surface area contributed by atoms with Crippen LogP contribution in [0.15, 0.2) is 21.9 Å². The minimum absolute atomic E-state index is 0.108. The molecule has 1 aromatic heterocycles. The zero-order valence-electron chi connectivity index (χ0n) is 12.6. The highest BCUT2D eigenvalue weighted by molar-refractivity contribution is 7.92. The summed E-state index contributed by atoms with van der Waals surface area (Å²) in [4.78, 5) is -1.39. The van der Waals surface area contributed by atoms with Crippen molar-refractivity contribution in [2.45, 2.75) is 21.8 Å². The highest BCUT2D eigenvalue weighted by Gasteiger charge is 2.35. The summed E-state index contributed by atoms with van der Waals surface area (Å²) in [5, 5.41) is 36.3. The van der Waals surface area contributed by atoms with Gasteiger partial charge in [0.2, 0.25) is 20.0 Å². The van der Waals surface area contributed by atoms with Gasteiger partial charge < -0.3 is 10.4 Å². The number of aliphatic hydroxyl groups is 1. The third-order valence-corrected chi connectivity index (χ3v) is 5.98. The van der Waals surface area contributed by atoms with Gasteiger partial charge in [-0.3, -0.25) is 0 Å². The zero-order chi connectivity index (χ0) is 18.4. The second kappa shape index (κ2) is 6.08. The molecule has 2 heterocycles. The molecule has 3 rings (SSSR count). The number of tetrazole rings is 1. The second-order valence-corrected chi connectivity index (χ2v) is 8.56. The van der Waals surface area contributed by atoms with Gasteiger partial charge in [0.15, 0.2) is 5.82 Å². The van der Waals surface area contributed by atoms with Gasteiger partial charge in [0.1, 0.15) is 9.79 Å². The maximum atomic E-state index is 12.2. The monoisotopic (exact) mass is 389 g/mol. The average molecular weight is 389 g/mol. The molecule has 7 N–H and O–H groups in total. The molecule has 2 atom stereocenters. The van der Waals surface area contributed by atoms with Crippen molar-refractivity contribution < 1.29 is 21.9 Å². The molecule has 1 saturated heterocycles. The lowest BCUT2D eigenvalue weighted by molar-refractivity contribution is 0.178. The number of nitrogens with one attached hydrogen (secondary N) is 2. The number of sulfonamides is 2. The first kappa shape index (κ1) is 17.8. The van der Waals surface area contributed by atoms with E-state index in [0.29, 0.717) is 18.7 Å². The van der Waals surface area contributed by atoms with Gasteiger partial charge in [0, 0.05) is 24.6 Å². The summed E-state index contributed by atoms with van der Waals surface area (Å²) in [6, 6.07) is 2.41. The van der Waals surface area contributed by atoms with E-state index >= 15 is 0 Å².